The third-order valence-electron chi connectivity index (χ3n) is 2.26. The molecule has 4 N–H and O–H groups in total. The van der Waals surface area contributed by atoms with E-state index in [9.17, 15) is 4.79 Å². The van der Waals surface area contributed by atoms with E-state index in [1.54, 1.807) is 4.52 Å². The van der Waals surface area contributed by atoms with Gasteiger partial charge in [0.25, 0.3) is 0 Å². The number of carbonyl (C=O) groups is 1. The summed E-state index contributed by atoms with van der Waals surface area (Å²) in [6.45, 7) is 2.92. The number of carbonyl (C=O) groups excluding carboxylic acids is 1. The topological polar surface area (TPSA) is 97.3 Å². The van der Waals surface area contributed by atoms with Crippen LogP contribution >= 0.6 is 0 Å². The highest BCUT2D eigenvalue weighted by molar-refractivity contribution is 5.71. The highest BCUT2D eigenvalue weighted by Crippen LogP contribution is 2.07. The highest BCUT2D eigenvalue weighted by Gasteiger charge is 2.03. The highest BCUT2D eigenvalue weighted by atomic mass is 16.2. The molecule has 90 valence electrons. The Morgan fingerprint density at radius 1 is 1.47 bits per heavy atom. The molecular weight excluding hydrogens is 220 g/mol. The summed E-state index contributed by atoms with van der Waals surface area (Å²) < 4.78 is 1.75. The zero-order valence-electron chi connectivity index (χ0n) is 9.47. The van der Waals surface area contributed by atoms with Crippen molar-refractivity contribution in [2.24, 2.45) is 5.73 Å². The van der Waals surface area contributed by atoms with Gasteiger partial charge in [0, 0.05) is 18.8 Å². The van der Waals surface area contributed by atoms with Gasteiger partial charge in [-0.3, -0.25) is 0 Å². The number of amides is 2. The van der Waals surface area contributed by atoms with Gasteiger partial charge in [0.15, 0.2) is 5.65 Å². The van der Waals surface area contributed by atoms with E-state index in [1.807, 2.05) is 25.1 Å². The van der Waals surface area contributed by atoms with Crippen LogP contribution in [0.15, 0.2) is 18.2 Å². The molecule has 0 atom stereocenters. The van der Waals surface area contributed by atoms with Crippen LogP contribution in [0.25, 0.3) is 5.65 Å². The Bertz CT molecular complexity index is 535. The molecule has 0 unspecified atom stereocenters. The minimum absolute atomic E-state index is 0.434. The zero-order valence-corrected chi connectivity index (χ0v) is 9.47. The van der Waals surface area contributed by atoms with Crippen LogP contribution in [0.4, 0.5) is 10.7 Å². The largest absolute Gasteiger partial charge is 0.352 e. The van der Waals surface area contributed by atoms with Crippen molar-refractivity contribution in [1.82, 2.24) is 19.9 Å². The molecule has 7 nitrogen and oxygen atoms in total. The van der Waals surface area contributed by atoms with Crippen molar-refractivity contribution in [3.05, 3.63) is 23.9 Å². The summed E-state index contributed by atoms with van der Waals surface area (Å²) in [5.41, 5.74) is 6.74. The van der Waals surface area contributed by atoms with Crippen LogP contribution in [-0.2, 0) is 0 Å². The Balaban J connectivity index is 2.00. The number of nitrogens with zero attached hydrogens (tertiary/aromatic N) is 3. The van der Waals surface area contributed by atoms with Crippen LogP contribution in [0, 0.1) is 6.92 Å². The number of anilines is 1. The van der Waals surface area contributed by atoms with Gasteiger partial charge >= 0.3 is 6.03 Å². The van der Waals surface area contributed by atoms with Crippen molar-refractivity contribution < 1.29 is 4.79 Å². The summed E-state index contributed by atoms with van der Waals surface area (Å²) in [4.78, 5) is 14.7. The average molecular weight is 234 g/mol. The zero-order chi connectivity index (χ0) is 12.3. The lowest BCUT2D eigenvalue weighted by atomic mass is 10.4. The van der Waals surface area contributed by atoms with Gasteiger partial charge in [0.2, 0.25) is 5.95 Å². The molecule has 17 heavy (non-hydrogen) atoms. The van der Waals surface area contributed by atoms with Gasteiger partial charge in [-0.1, -0.05) is 6.07 Å². The molecule has 0 bridgehead atoms. The van der Waals surface area contributed by atoms with E-state index in [1.165, 1.54) is 0 Å². The summed E-state index contributed by atoms with van der Waals surface area (Å²) >= 11 is 0. The first-order valence-corrected chi connectivity index (χ1v) is 5.26. The number of nitrogens with one attached hydrogen (secondary N) is 2. The van der Waals surface area contributed by atoms with Crippen molar-refractivity contribution in [1.29, 1.82) is 0 Å². The second-order valence-corrected chi connectivity index (χ2v) is 3.59. The van der Waals surface area contributed by atoms with E-state index in [-0.39, 0.29) is 0 Å². The summed E-state index contributed by atoms with van der Waals surface area (Å²) in [5, 5.41) is 9.76. The molecule has 2 aromatic rings. The van der Waals surface area contributed by atoms with Crippen molar-refractivity contribution >= 4 is 17.6 Å². The van der Waals surface area contributed by atoms with E-state index in [4.69, 9.17) is 5.73 Å². The Hall–Kier alpha value is -2.31. The number of nitrogens with two attached hydrogens (primary N) is 1. The Morgan fingerprint density at radius 3 is 3.00 bits per heavy atom. The molecule has 2 rings (SSSR count). The SMILES string of the molecule is Cc1cccc2nc(NCCNC(N)=O)nn12. The number of hydrogen-bond acceptors (Lipinski definition) is 4. The molecule has 7 heteroatoms. The number of urea groups is 1. The lowest BCUT2D eigenvalue weighted by molar-refractivity contribution is 0.249. The number of primary amides is 1. The van der Waals surface area contributed by atoms with Crippen LogP contribution < -0.4 is 16.4 Å². The molecule has 0 spiro atoms. The lowest BCUT2D eigenvalue weighted by Gasteiger charge is -2.01. The summed E-state index contributed by atoms with van der Waals surface area (Å²) in [6, 6.07) is 5.23. The number of rotatable bonds is 4. The van der Waals surface area contributed by atoms with Crippen molar-refractivity contribution in [2.45, 2.75) is 6.92 Å². The third-order valence-corrected chi connectivity index (χ3v) is 2.26. The van der Waals surface area contributed by atoms with Gasteiger partial charge in [-0.2, -0.15) is 4.98 Å². The van der Waals surface area contributed by atoms with Gasteiger partial charge in [0.05, 0.1) is 0 Å². The first-order valence-electron chi connectivity index (χ1n) is 5.26. The third kappa shape index (κ3) is 2.63. The second kappa shape index (κ2) is 4.69. The standard InChI is InChI=1S/C10H14N6O/c1-7-3-2-4-8-14-10(15-16(7)8)13-6-5-12-9(11)17/h2-4H,5-6H2,1H3,(H,13,15)(H3,11,12,17). The molecule has 0 saturated carbocycles. The molecule has 0 aliphatic carbocycles. The minimum Gasteiger partial charge on any atom is -0.352 e. The maximum absolute atomic E-state index is 10.4. The monoisotopic (exact) mass is 234 g/mol. The fourth-order valence-electron chi connectivity index (χ4n) is 1.47. The molecule has 0 aliphatic heterocycles. The lowest BCUT2D eigenvalue weighted by Crippen LogP contribution is -2.33. The molecule has 0 aliphatic rings. The number of fused-ring (bicyclic) bond motifs is 1. The van der Waals surface area contributed by atoms with E-state index in [0.717, 1.165) is 11.3 Å². The molecule has 0 radical (unpaired) electrons. The molecule has 2 amide bonds. The predicted octanol–water partition coefficient (Wildman–Crippen LogP) is 0.118. The normalized spacial score (nSPS) is 10.4. The second-order valence-electron chi connectivity index (χ2n) is 3.59. The first-order chi connectivity index (χ1) is 8.16. The van der Waals surface area contributed by atoms with Crippen molar-refractivity contribution in [3.63, 3.8) is 0 Å². The molecule has 0 fully saturated rings. The maximum atomic E-state index is 10.4. The van der Waals surface area contributed by atoms with Crippen LogP contribution in [0.3, 0.4) is 0 Å². The van der Waals surface area contributed by atoms with Gasteiger partial charge in [-0.15, -0.1) is 5.10 Å². The Morgan fingerprint density at radius 2 is 2.29 bits per heavy atom. The van der Waals surface area contributed by atoms with Crippen LogP contribution in [0.2, 0.25) is 0 Å². The average Bonchev–Trinajstić information content (AvgIpc) is 2.69. The fraction of sp³-hybridized carbons (Fsp3) is 0.300. The summed E-state index contributed by atoms with van der Waals surface area (Å²) in [7, 11) is 0. The number of pyridine rings is 1. The number of hydrogen-bond donors (Lipinski definition) is 3. The summed E-state index contributed by atoms with van der Waals surface area (Å²) in [6.07, 6.45) is 0. The minimum atomic E-state index is -0.536. The molecule has 2 aromatic heterocycles. The van der Waals surface area contributed by atoms with Crippen LogP contribution in [0.5, 0.6) is 0 Å². The smallest absolute Gasteiger partial charge is 0.312 e. The van der Waals surface area contributed by atoms with Gasteiger partial charge in [-0.25, -0.2) is 9.31 Å². The van der Waals surface area contributed by atoms with E-state index < -0.39 is 6.03 Å². The number of aryl methyl sites for hydroxylation is 1. The predicted molar refractivity (Wildman–Crippen MR) is 63.8 cm³/mol. The molecule has 0 saturated heterocycles. The van der Waals surface area contributed by atoms with Crippen molar-refractivity contribution in [3.8, 4) is 0 Å². The first kappa shape index (κ1) is 11.2. The van der Waals surface area contributed by atoms with E-state index >= 15 is 0 Å². The van der Waals surface area contributed by atoms with Crippen molar-refractivity contribution in [2.75, 3.05) is 18.4 Å². The van der Waals surface area contributed by atoms with Gasteiger partial charge in [-0.05, 0) is 19.1 Å². The van der Waals surface area contributed by atoms with Gasteiger partial charge in [0.1, 0.15) is 0 Å². The van der Waals surface area contributed by atoms with E-state index in [0.29, 0.717) is 19.0 Å². The van der Waals surface area contributed by atoms with Crippen LogP contribution in [0.1, 0.15) is 5.69 Å². The molecule has 0 aromatic carbocycles. The summed E-state index contributed by atoms with van der Waals surface area (Å²) in [5.74, 6) is 0.533. The van der Waals surface area contributed by atoms with Gasteiger partial charge < -0.3 is 16.4 Å². The quantitative estimate of drug-likeness (QED) is 0.654. The van der Waals surface area contributed by atoms with Crippen LogP contribution in [-0.4, -0.2) is 33.7 Å². The molecule has 2 heterocycles. The Labute approximate surface area is 98.0 Å². The maximum Gasteiger partial charge on any atom is 0.312 e. The molecular formula is C10H14N6O. The number of aromatic nitrogens is 3. The van der Waals surface area contributed by atoms with E-state index in [2.05, 4.69) is 20.7 Å². The Kier molecular flexibility index (Phi) is 3.08. The fourth-order valence-corrected chi connectivity index (χ4v) is 1.47.